The Labute approximate surface area is 103 Å². The van der Waals surface area contributed by atoms with Gasteiger partial charge in [0.25, 0.3) is 5.91 Å². The van der Waals surface area contributed by atoms with Gasteiger partial charge in [0.1, 0.15) is 5.69 Å². The summed E-state index contributed by atoms with van der Waals surface area (Å²) in [4.78, 5) is 12.1. The molecule has 17 heavy (non-hydrogen) atoms. The highest BCUT2D eigenvalue weighted by molar-refractivity contribution is 5.93. The maximum absolute atomic E-state index is 12.1. The van der Waals surface area contributed by atoms with E-state index in [1.165, 1.54) is 0 Å². The molecule has 0 aliphatic heterocycles. The third-order valence-corrected chi connectivity index (χ3v) is 3.26. The zero-order chi connectivity index (χ0) is 12.9. The van der Waals surface area contributed by atoms with Crippen LogP contribution in [0.15, 0.2) is 18.3 Å². The summed E-state index contributed by atoms with van der Waals surface area (Å²) in [5, 5.41) is 12.0. The number of aromatic nitrogens is 1. The van der Waals surface area contributed by atoms with E-state index >= 15 is 0 Å². The molecule has 4 nitrogen and oxygen atoms in total. The lowest BCUT2D eigenvalue weighted by Gasteiger charge is -2.29. The molecule has 0 aliphatic carbocycles. The molecule has 4 heteroatoms. The average molecular weight is 238 g/mol. The first-order chi connectivity index (χ1) is 8.06. The zero-order valence-corrected chi connectivity index (χ0v) is 10.9. The van der Waals surface area contributed by atoms with Crippen molar-refractivity contribution in [3.8, 4) is 0 Å². The quantitative estimate of drug-likeness (QED) is 0.794. The number of aryl methyl sites for hydroxylation is 1. The molecule has 1 aromatic rings. The number of amides is 1. The Morgan fingerprint density at radius 1 is 1.53 bits per heavy atom. The highest BCUT2D eigenvalue weighted by Gasteiger charge is 2.25. The van der Waals surface area contributed by atoms with Crippen LogP contribution >= 0.6 is 0 Å². The zero-order valence-electron chi connectivity index (χ0n) is 10.9. The van der Waals surface area contributed by atoms with Crippen LogP contribution in [-0.2, 0) is 6.54 Å². The van der Waals surface area contributed by atoms with Crippen molar-refractivity contribution in [1.29, 1.82) is 0 Å². The van der Waals surface area contributed by atoms with Crippen LogP contribution in [-0.4, -0.2) is 27.7 Å². The Kier molecular flexibility index (Phi) is 4.75. The fraction of sp³-hybridized carbons (Fsp3) is 0.615. The van der Waals surface area contributed by atoms with Gasteiger partial charge in [0.2, 0.25) is 0 Å². The normalized spacial score (nSPS) is 14.4. The van der Waals surface area contributed by atoms with E-state index in [0.29, 0.717) is 12.1 Å². The molecule has 1 rings (SSSR count). The van der Waals surface area contributed by atoms with Crippen molar-refractivity contribution >= 4 is 5.91 Å². The van der Waals surface area contributed by atoms with Gasteiger partial charge in [-0.05, 0) is 38.8 Å². The van der Waals surface area contributed by atoms with Crippen LogP contribution in [0, 0.1) is 0 Å². The lowest BCUT2D eigenvalue weighted by molar-refractivity contribution is 0.0876. The summed E-state index contributed by atoms with van der Waals surface area (Å²) in [5.41, 5.74) is 0.333. The Hall–Kier alpha value is -1.29. The second-order valence-corrected chi connectivity index (χ2v) is 4.52. The molecule has 1 amide bonds. The fourth-order valence-electron chi connectivity index (χ4n) is 1.81. The molecule has 0 bridgehead atoms. The van der Waals surface area contributed by atoms with Gasteiger partial charge in [0.05, 0.1) is 0 Å². The van der Waals surface area contributed by atoms with Gasteiger partial charge in [0.15, 0.2) is 0 Å². The third-order valence-electron chi connectivity index (χ3n) is 3.26. The van der Waals surface area contributed by atoms with E-state index in [4.69, 9.17) is 5.11 Å². The van der Waals surface area contributed by atoms with Crippen LogP contribution in [0.5, 0.6) is 0 Å². The number of carbonyl (C=O) groups is 1. The van der Waals surface area contributed by atoms with Crippen molar-refractivity contribution in [1.82, 2.24) is 9.88 Å². The molecule has 0 spiro atoms. The molecule has 1 unspecified atom stereocenters. The first-order valence-corrected chi connectivity index (χ1v) is 6.15. The SMILES string of the molecule is CCn1cccc1C(=O)NC(C)(CC)CCO. The number of nitrogens with one attached hydrogen (secondary N) is 1. The molecule has 0 aromatic carbocycles. The summed E-state index contributed by atoms with van der Waals surface area (Å²) >= 11 is 0. The minimum absolute atomic E-state index is 0.0744. The van der Waals surface area contributed by atoms with Gasteiger partial charge in [-0.25, -0.2) is 0 Å². The first-order valence-electron chi connectivity index (χ1n) is 6.15. The van der Waals surface area contributed by atoms with E-state index in [0.717, 1.165) is 13.0 Å². The van der Waals surface area contributed by atoms with Crippen LogP contribution < -0.4 is 5.32 Å². The van der Waals surface area contributed by atoms with E-state index in [9.17, 15) is 4.79 Å². The Balaban J connectivity index is 2.77. The van der Waals surface area contributed by atoms with E-state index in [2.05, 4.69) is 5.32 Å². The van der Waals surface area contributed by atoms with Crippen molar-refractivity contribution in [2.75, 3.05) is 6.61 Å². The van der Waals surface area contributed by atoms with E-state index in [-0.39, 0.29) is 18.1 Å². The van der Waals surface area contributed by atoms with Gasteiger partial charge >= 0.3 is 0 Å². The molecular formula is C13H22N2O2. The third kappa shape index (κ3) is 3.33. The van der Waals surface area contributed by atoms with Crippen LogP contribution in [0.2, 0.25) is 0 Å². The molecule has 0 saturated carbocycles. The van der Waals surface area contributed by atoms with Crippen LogP contribution in [0.3, 0.4) is 0 Å². The van der Waals surface area contributed by atoms with Crippen LogP contribution in [0.1, 0.15) is 44.1 Å². The number of nitrogens with zero attached hydrogens (tertiary/aromatic N) is 1. The number of rotatable bonds is 6. The maximum Gasteiger partial charge on any atom is 0.268 e. The maximum atomic E-state index is 12.1. The summed E-state index contributed by atoms with van der Waals surface area (Å²) in [6.07, 6.45) is 3.26. The van der Waals surface area contributed by atoms with E-state index in [1.54, 1.807) is 0 Å². The van der Waals surface area contributed by atoms with Crippen LogP contribution in [0.4, 0.5) is 0 Å². The molecule has 0 fully saturated rings. The Bertz CT molecular complexity index is 373. The van der Waals surface area contributed by atoms with Gasteiger partial charge in [-0.15, -0.1) is 0 Å². The average Bonchev–Trinajstić information content (AvgIpc) is 2.77. The summed E-state index contributed by atoms with van der Waals surface area (Å²) in [5.74, 6) is -0.0744. The van der Waals surface area contributed by atoms with E-state index < -0.39 is 0 Å². The minimum atomic E-state index is -0.339. The monoisotopic (exact) mass is 238 g/mol. The molecule has 1 heterocycles. The standard InChI is InChI=1S/C13H22N2O2/c1-4-13(3,8-10-16)14-12(17)11-7-6-9-15(11)5-2/h6-7,9,16H,4-5,8,10H2,1-3H3,(H,14,17). The van der Waals surface area contributed by atoms with Crippen molar-refractivity contribution in [2.45, 2.75) is 45.7 Å². The summed E-state index contributed by atoms with van der Waals surface area (Å²) in [7, 11) is 0. The van der Waals surface area contributed by atoms with Crippen LogP contribution in [0.25, 0.3) is 0 Å². The molecule has 1 aromatic heterocycles. The van der Waals surface area contributed by atoms with Crippen molar-refractivity contribution in [3.63, 3.8) is 0 Å². The van der Waals surface area contributed by atoms with E-state index in [1.807, 2.05) is 43.7 Å². The van der Waals surface area contributed by atoms with Crippen molar-refractivity contribution in [3.05, 3.63) is 24.0 Å². The number of hydrogen-bond donors (Lipinski definition) is 2. The lowest BCUT2D eigenvalue weighted by atomic mass is 9.95. The fourth-order valence-corrected chi connectivity index (χ4v) is 1.81. The molecule has 0 aliphatic rings. The van der Waals surface area contributed by atoms with Gasteiger partial charge in [-0.3, -0.25) is 4.79 Å². The molecular weight excluding hydrogens is 216 g/mol. The molecule has 0 radical (unpaired) electrons. The van der Waals surface area contributed by atoms with Crippen molar-refractivity contribution < 1.29 is 9.90 Å². The predicted molar refractivity (Wildman–Crippen MR) is 68.0 cm³/mol. The number of hydrogen-bond acceptors (Lipinski definition) is 2. The molecule has 96 valence electrons. The molecule has 1 atom stereocenters. The summed E-state index contributed by atoms with van der Waals surface area (Å²) in [6, 6.07) is 3.68. The van der Waals surface area contributed by atoms with Crippen molar-refractivity contribution in [2.24, 2.45) is 0 Å². The predicted octanol–water partition coefficient (Wildman–Crippen LogP) is 1.79. The topological polar surface area (TPSA) is 54.3 Å². The smallest absolute Gasteiger partial charge is 0.268 e. The number of aliphatic hydroxyl groups excluding tert-OH is 1. The first kappa shape index (κ1) is 13.8. The number of aliphatic hydroxyl groups is 1. The largest absolute Gasteiger partial charge is 0.396 e. The highest BCUT2D eigenvalue weighted by Crippen LogP contribution is 2.15. The van der Waals surface area contributed by atoms with Gasteiger partial charge < -0.3 is 15.0 Å². The van der Waals surface area contributed by atoms with Gasteiger partial charge in [-0.2, -0.15) is 0 Å². The van der Waals surface area contributed by atoms with Gasteiger partial charge in [-0.1, -0.05) is 6.92 Å². The second kappa shape index (κ2) is 5.87. The summed E-state index contributed by atoms with van der Waals surface area (Å²) < 4.78 is 1.91. The number of carbonyl (C=O) groups excluding carboxylic acids is 1. The Morgan fingerprint density at radius 3 is 2.76 bits per heavy atom. The Morgan fingerprint density at radius 2 is 2.24 bits per heavy atom. The molecule has 0 saturated heterocycles. The lowest BCUT2D eigenvalue weighted by Crippen LogP contribution is -2.46. The summed E-state index contributed by atoms with van der Waals surface area (Å²) in [6.45, 7) is 6.83. The second-order valence-electron chi connectivity index (χ2n) is 4.52. The minimum Gasteiger partial charge on any atom is -0.396 e. The molecule has 2 N–H and O–H groups in total. The highest BCUT2D eigenvalue weighted by atomic mass is 16.3. The van der Waals surface area contributed by atoms with Gasteiger partial charge in [0, 0.05) is 24.9 Å².